The predicted octanol–water partition coefficient (Wildman–Crippen LogP) is 1.05. The zero-order valence-corrected chi connectivity index (χ0v) is 14.4. The Bertz CT molecular complexity index is 615. The number of aromatic nitrogens is 2. The first-order valence-corrected chi connectivity index (χ1v) is 10.1. The first kappa shape index (κ1) is 17.3. The van der Waals surface area contributed by atoms with Gasteiger partial charge in [-0.25, -0.2) is 8.42 Å². The Morgan fingerprint density at radius 3 is 2.91 bits per heavy atom. The van der Waals surface area contributed by atoms with Crippen molar-refractivity contribution in [2.75, 3.05) is 17.3 Å². The Hall–Kier alpha value is -1.09. The van der Waals surface area contributed by atoms with Crippen LogP contribution in [0.4, 0.5) is 0 Å². The molecule has 1 N–H and O–H groups in total. The molecule has 1 fully saturated rings. The molecule has 2 heterocycles. The van der Waals surface area contributed by atoms with Crippen LogP contribution in [0.25, 0.3) is 0 Å². The molecule has 124 valence electrons. The van der Waals surface area contributed by atoms with Crippen molar-refractivity contribution in [2.45, 2.75) is 44.4 Å². The van der Waals surface area contributed by atoms with Crippen LogP contribution in [-0.4, -0.2) is 47.8 Å². The van der Waals surface area contributed by atoms with Gasteiger partial charge in [0.2, 0.25) is 11.8 Å². The maximum absolute atomic E-state index is 11.7. The van der Waals surface area contributed by atoms with Crippen molar-refractivity contribution in [3.8, 4) is 0 Å². The largest absolute Gasteiger partial charge is 0.416 e. The highest BCUT2D eigenvalue weighted by atomic mass is 32.2. The van der Waals surface area contributed by atoms with Crippen LogP contribution in [0.2, 0.25) is 0 Å². The van der Waals surface area contributed by atoms with Gasteiger partial charge >= 0.3 is 0 Å². The van der Waals surface area contributed by atoms with Gasteiger partial charge in [0, 0.05) is 12.5 Å². The summed E-state index contributed by atoms with van der Waals surface area (Å²) in [4.78, 5) is 11.7. The van der Waals surface area contributed by atoms with E-state index in [0.717, 1.165) is 6.42 Å². The highest BCUT2D eigenvalue weighted by Crippen LogP contribution is 2.23. The fourth-order valence-electron chi connectivity index (χ4n) is 2.20. The summed E-state index contributed by atoms with van der Waals surface area (Å²) in [5.74, 6) is 1.08. The van der Waals surface area contributed by atoms with E-state index in [2.05, 4.69) is 15.5 Å². The van der Waals surface area contributed by atoms with Gasteiger partial charge < -0.3 is 9.73 Å². The first-order valence-electron chi connectivity index (χ1n) is 7.33. The van der Waals surface area contributed by atoms with E-state index in [1.54, 1.807) is 0 Å². The maximum Gasteiger partial charge on any atom is 0.277 e. The lowest BCUT2D eigenvalue weighted by atomic mass is 10.1. The topological polar surface area (TPSA) is 102 Å². The van der Waals surface area contributed by atoms with Crippen LogP contribution in [-0.2, 0) is 21.1 Å². The Kier molecular flexibility index (Phi) is 5.85. The highest BCUT2D eigenvalue weighted by molar-refractivity contribution is 7.99. The average molecular weight is 347 g/mol. The third-order valence-corrected chi connectivity index (χ3v) is 6.24. The molecule has 1 saturated heterocycles. The smallest absolute Gasteiger partial charge is 0.277 e. The Morgan fingerprint density at radius 2 is 2.27 bits per heavy atom. The summed E-state index contributed by atoms with van der Waals surface area (Å²) in [6.07, 6.45) is 2.00. The van der Waals surface area contributed by atoms with Crippen molar-refractivity contribution in [2.24, 2.45) is 5.92 Å². The maximum atomic E-state index is 11.7. The van der Waals surface area contributed by atoms with E-state index in [4.69, 9.17) is 4.42 Å². The third-order valence-electron chi connectivity index (χ3n) is 3.58. The number of amides is 1. The molecule has 1 aromatic heterocycles. The van der Waals surface area contributed by atoms with Crippen molar-refractivity contribution >= 4 is 27.5 Å². The van der Waals surface area contributed by atoms with E-state index < -0.39 is 9.84 Å². The standard InChI is InChI=1S/C13H21N3O4S2/c1-3-9(2)14-11(17)7-21-13-16-15-12(20-13)6-10-4-5-22(18,19)8-10/h9-10H,3-8H2,1-2H3,(H,14,17)/t9-,10+/m0/s1. The zero-order chi connectivity index (χ0) is 16.2. The van der Waals surface area contributed by atoms with E-state index in [9.17, 15) is 13.2 Å². The zero-order valence-electron chi connectivity index (χ0n) is 12.7. The van der Waals surface area contributed by atoms with Crippen molar-refractivity contribution in [1.82, 2.24) is 15.5 Å². The second-order valence-electron chi connectivity index (χ2n) is 5.60. The van der Waals surface area contributed by atoms with Crippen molar-refractivity contribution in [3.63, 3.8) is 0 Å². The monoisotopic (exact) mass is 347 g/mol. The number of thioether (sulfide) groups is 1. The van der Waals surface area contributed by atoms with E-state index in [-0.39, 0.29) is 35.1 Å². The van der Waals surface area contributed by atoms with Gasteiger partial charge in [0.1, 0.15) is 0 Å². The summed E-state index contributed by atoms with van der Waals surface area (Å²) in [5, 5.41) is 11.0. The highest BCUT2D eigenvalue weighted by Gasteiger charge is 2.29. The molecule has 7 nitrogen and oxygen atoms in total. The van der Waals surface area contributed by atoms with Crippen LogP contribution in [0.15, 0.2) is 9.64 Å². The van der Waals surface area contributed by atoms with Gasteiger partial charge in [0.05, 0.1) is 17.3 Å². The van der Waals surface area contributed by atoms with Crippen LogP contribution < -0.4 is 5.32 Å². The molecule has 0 aromatic carbocycles. The fourth-order valence-corrected chi connectivity index (χ4v) is 4.66. The van der Waals surface area contributed by atoms with Gasteiger partial charge in [-0.15, -0.1) is 10.2 Å². The number of rotatable bonds is 7. The van der Waals surface area contributed by atoms with E-state index in [1.807, 2.05) is 13.8 Å². The third kappa shape index (κ3) is 5.28. The van der Waals surface area contributed by atoms with Gasteiger partial charge in [-0.2, -0.15) is 0 Å². The summed E-state index contributed by atoms with van der Waals surface area (Å²) in [6, 6.07) is 0.149. The molecule has 0 spiro atoms. The molecule has 0 unspecified atom stereocenters. The van der Waals surface area contributed by atoms with Gasteiger partial charge in [-0.1, -0.05) is 18.7 Å². The van der Waals surface area contributed by atoms with Crippen LogP contribution in [0, 0.1) is 5.92 Å². The lowest BCUT2D eigenvalue weighted by Gasteiger charge is -2.09. The molecule has 22 heavy (non-hydrogen) atoms. The fraction of sp³-hybridized carbons (Fsp3) is 0.769. The van der Waals surface area contributed by atoms with Crippen LogP contribution in [0.1, 0.15) is 32.6 Å². The lowest BCUT2D eigenvalue weighted by molar-refractivity contribution is -0.119. The van der Waals surface area contributed by atoms with Crippen LogP contribution in [0.3, 0.4) is 0 Å². The minimum absolute atomic E-state index is 0.0528. The van der Waals surface area contributed by atoms with E-state index >= 15 is 0 Å². The SMILES string of the molecule is CC[C@H](C)NC(=O)CSc1nnc(C[C@H]2CCS(=O)(=O)C2)o1. The summed E-state index contributed by atoms with van der Waals surface area (Å²) < 4.78 is 28.3. The van der Waals surface area contributed by atoms with Crippen molar-refractivity contribution in [1.29, 1.82) is 0 Å². The molecule has 2 atom stereocenters. The number of carbonyl (C=O) groups is 1. The molecule has 9 heteroatoms. The minimum atomic E-state index is -2.89. The first-order chi connectivity index (χ1) is 10.4. The Labute approximate surface area is 134 Å². The summed E-state index contributed by atoms with van der Waals surface area (Å²) in [7, 11) is -2.89. The molecular weight excluding hydrogens is 326 g/mol. The van der Waals surface area contributed by atoms with Crippen LogP contribution in [0.5, 0.6) is 0 Å². The lowest BCUT2D eigenvalue weighted by Crippen LogP contribution is -2.33. The second-order valence-corrected chi connectivity index (χ2v) is 8.76. The quantitative estimate of drug-likeness (QED) is 0.736. The number of sulfone groups is 1. The number of hydrogen-bond donors (Lipinski definition) is 1. The summed E-state index contributed by atoms with van der Waals surface area (Å²) >= 11 is 1.19. The molecule has 0 radical (unpaired) electrons. The van der Waals surface area contributed by atoms with Crippen molar-refractivity contribution in [3.05, 3.63) is 5.89 Å². The van der Waals surface area contributed by atoms with Crippen molar-refractivity contribution < 1.29 is 17.6 Å². The van der Waals surface area contributed by atoms with E-state index in [0.29, 0.717) is 24.0 Å². The molecular formula is C13H21N3O4S2. The van der Waals surface area contributed by atoms with Gasteiger partial charge in [-0.05, 0) is 25.7 Å². The average Bonchev–Trinajstić information content (AvgIpc) is 3.03. The molecule has 1 aliphatic rings. The summed E-state index contributed by atoms with van der Waals surface area (Å²) in [5.41, 5.74) is 0. The number of hydrogen-bond acceptors (Lipinski definition) is 7. The predicted molar refractivity (Wildman–Crippen MR) is 83.4 cm³/mol. The van der Waals surface area contributed by atoms with Gasteiger partial charge in [0.25, 0.3) is 5.22 Å². The molecule has 0 aliphatic carbocycles. The Morgan fingerprint density at radius 1 is 1.50 bits per heavy atom. The molecule has 1 aromatic rings. The molecule has 2 rings (SSSR count). The Balaban J connectivity index is 1.78. The number of nitrogens with zero attached hydrogens (tertiary/aromatic N) is 2. The normalized spacial score (nSPS) is 21.6. The minimum Gasteiger partial charge on any atom is -0.416 e. The molecule has 1 aliphatic heterocycles. The molecule has 0 bridgehead atoms. The molecule has 0 saturated carbocycles. The van der Waals surface area contributed by atoms with Crippen LogP contribution >= 0.6 is 11.8 Å². The molecule has 1 amide bonds. The van der Waals surface area contributed by atoms with Gasteiger partial charge in [0.15, 0.2) is 9.84 Å². The number of nitrogens with one attached hydrogen (secondary N) is 1. The summed E-state index contributed by atoms with van der Waals surface area (Å²) in [6.45, 7) is 3.95. The second kappa shape index (κ2) is 7.45. The van der Waals surface area contributed by atoms with Gasteiger partial charge in [-0.3, -0.25) is 4.79 Å². The number of carbonyl (C=O) groups excluding carboxylic acids is 1. The van der Waals surface area contributed by atoms with E-state index in [1.165, 1.54) is 11.8 Å².